The van der Waals surface area contributed by atoms with Crippen molar-refractivity contribution in [2.24, 2.45) is 4.99 Å². The van der Waals surface area contributed by atoms with E-state index >= 15 is 0 Å². The molecule has 0 saturated heterocycles. The van der Waals surface area contributed by atoms with Gasteiger partial charge in [-0.25, -0.2) is 21.9 Å². The van der Waals surface area contributed by atoms with E-state index in [0.29, 0.717) is 30.2 Å². The molecule has 2 amide bonds. The maximum Gasteiger partial charge on any atom is 0.326 e. The molecule has 0 saturated carbocycles. The molecule has 2 aliphatic rings. The lowest BCUT2D eigenvalue weighted by molar-refractivity contribution is -0.142. The standard InChI is InChI=1S/C25H34N4O10S2/c1-5-28(6-2)25(32)16-12-13-19(37-4)18(14-16)27-24(31)22(39-40(33)34)23-26-17-10-8-9-11-20(17)41(35,36)29(23)15-21(30)38-7-3/h12-14,22H,5-11,15H2,1-4H3,(H,27,31)(H,33,34). The Bertz CT molecular complexity index is 1370. The highest BCUT2D eigenvalue weighted by Gasteiger charge is 2.44. The third kappa shape index (κ3) is 7.30. The van der Waals surface area contributed by atoms with Gasteiger partial charge < -0.3 is 19.7 Å². The van der Waals surface area contributed by atoms with Crippen LogP contribution in [0.1, 0.15) is 56.8 Å². The van der Waals surface area contributed by atoms with Gasteiger partial charge in [-0.3, -0.25) is 18.9 Å². The van der Waals surface area contributed by atoms with Gasteiger partial charge in [0, 0.05) is 18.7 Å². The van der Waals surface area contributed by atoms with Crippen LogP contribution in [0.3, 0.4) is 0 Å². The van der Waals surface area contributed by atoms with Crippen LogP contribution in [0.15, 0.2) is 33.8 Å². The van der Waals surface area contributed by atoms with E-state index in [4.69, 9.17) is 13.7 Å². The van der Waals surface area contributed by atoms with Crippen LogP contribution >= 0.6 is 0 Å². The average molecular weight is 615 g/mol. The zero-order chi connectivity index (χ0) is 30.3. The first-order valence-electron chi connectivity index (χ1n) is 13.0. The number of rotatable bonds is 12. The smallest absolute Gasteiger partial charge is 0.326 e. The minimum atomic E-state index is -4.35. The van der Waals surface area contributed by atoms with Crippen LogP contribution in [0.2, 0.25) is 0 Å². The molecular formula is C25H34N4O10S2. The lowest BCUT2D eigenvalue weighted by Gasteiger charge is -2.34. The second-order valence-corrected chi connectivity index (χ2v) is 11.4. The van der Waals surface area contributed by atoms with Crippen LogP contribution < -0.4 is 10.1 Å². The topological polar surface area (TPSA) is 181 Å². The molecule has 0 fully saturated rings. The van der Waals surface area contributed by atoms with Crippen molar-refractivity contribution in [3.63, 3.8) is 0 Å². The third-order valence-electron chi connectivity index (χ3n) is 6.48. The minimum absolute atomic E-state index is 0.00497. The summed E-state index contributed by atoms with van der Waals surface area (Å²) < 4.78 is 64.4. The summed E-state index contributed by atoms with van der Waals surface area (Å²) in [5.74, 6) is -2.75. The summed E-state index contributed by atoms with van der Waals surface area (Å²) in [6.45, 7) is 5.20. The molecule has 1 aliphatic heterocycles. The van der Waals surface area contributed by atoms with Gasteiger partial charge in [-0.05, 0) is 64.7 Å². The van der Waals surface area contributed by atoms with E-state index in [-0.39, 0.29) is 53.0 Å². The van der Waals surface area contributed by atoms with E-state index in [0.717, 1.165) is 0 Å². The van der Waals surface area contributed by atoms with Crippen LogP contribution in [-0.2, 0) is 39.9 Å². The first-order valence-corrected chi connectivity index (χ1v) is 15.5. The number of aliphatic imine (C=N–C) groups is 1. The number of anilines is 1. The Morgan fingerprint density at radius 2 is 1.85 bits per heavy atom. The number of hydrogen-bond donors (Lipinski definition) is 2. The molecule has 0 bridgehead atoms. The van der Waals surface area contributed by atoms with Crippen molar-refractivity contribution in [1.82, 2.24) is 9.21 Å². The molecule has 1 aromatic carbocycles. The Morgan fingerprint density at radius 3 is 2.46 bits per heavy atom. The number of amides is 2. The van der Waals surface area contributed by atoms with Gasteiger partial charge in [0.1, 0.15) is 12.3 Å². The number of methoxy groups -OCH3 is 1. The van der Waals surface area contributed by atoms with Crippen molar-refractivity contribution in [2.75, 3.05) is 38.7 Å². The van der Waals surface area contributed by atoms with Crippen molar-refractivity contribution in [3.05, 3.63) is 34.4 Å². The second kappa shape index (κ2) is 14.0. The van der Waals surface area contributed by atoms with Crippen LogP contribution in [0, 0.1) is 0 Å². The summed E-state index contributed by atoms with van der Waals surface area (Å²) in [4.78, 5) is 44.8. The van der Waals surface area contributed by atoms with Crippen molar-refractivity contribution in [3.8, 4) is 5.75 Å². The molecule has 41 heavy (non-hydrogen) atoms. The fourth-order valence-electron chi connectivity index (χ4n) is 4.50. The SMILES string of the molecule is CCOC(=O)CN1C(C(OS(=O)O)C(=O)Nc2cc(C(=O)N(CC)CC)ccc2OC)=NC2=C(CCCC2)S1(=O)=O. The molecule has 2 unspecified atom stereocenters. The predicted octanol–water partition coefficient (Wildman–Crippen LogP) is 2.03. The zero-order valence-electron chi connectivity index (χ0n) is 23.2. The molecule has 3 rings (SSSR count). The summed E-state index contributed by atoms with van der Waals surface area (Å²) in [5.41, 5.74) is 0.425. The lowest BCUT2D eigenvalue weighted by atomic mass is 10.0. The number of nitrogens with zero attached hydrogens (tertiary/aromatic N) is 3. The van der Waals surface area contributed by atoms with Crippen molar-refractivity contribution < 1.29 is 45.2 Å². The van der Waals surface area contributed by atoms with Crippen molar-refractivity contribution in [2.45, 2.75) is 52.6 Å². The van der Waals surface area contributed by atoms with Gasteiger partial charge in [0.2, 0.25) is 6.10 Å². The van der Waals surface area contributed by atoms with E-state index in [9.17, 15) is 31.6 Å². The van der Waals surface area contributed by atoms with Crippen LogP contribution in [0.4, 0.5) is 5.69 Å². The maximum atomic E-state index is 13.6. The summed E-state index contributed by atoms with van der Waals surface area (Å²) >= 11 is -3.06. The second-order valence-electron chi connectivity index (χ2n) is 8.94. The zero-order valence-corrected chi connectivity index (χ0v) is 24.9. The number of esters is 1. The molecule has 16 heteroatoms. The van der Waals surface area contributed by atoms with E-state index < -0.39 is 51.7 Å². The number of sulfonamides is 1. The van der Waals surface area contributed by atoms with Gasteiger partial charge in [0.25, 0.3) is 21.8 Å². The van der Waals surface area contributed by atoms with Crippen LogP contribution in [0.25, 0.3) is 0 Å². The van der Waals surface area contributed by atoms with Gasteiger partial charge in [0.05, 0.1) is 30.0 Å². The van der Waals surface area contributed by atoms with Crippen LogP contribution in [0.5, 0.6) is 5.75 Å². The minimum Gasteiger partial charge on any atom is -0.495 e. The highest BCUT2D eigenvalue weighted by molar-refractivity contribution is 7.93. The van der Waals surface area contributed by atoms with E-state index in [1.807, 2.05) is 13.8 Å². The fraction of sp³-hybridized carbons (Fsp3) is 0.520. The van der Waals surface area contributed by atoms with E-state index in [1.165, 1.54) is 25.3 Å². The Hall–Kier alpha value is -3.34. The van der Waals surface area contributed by atoms with Gasteiger partial charge in [0.15, 0.2) is 5.84 Å². The predicted molar refractivity (Wildman–Crippen MR) is 150 cm³/mol. The molecule has 0 aromatic heterocycles. The van der Waals surface area contributed by atoms with Gasteiger partial charge >= 0.3 is 17.3 Å². The Morgan fingerprint density at radius 1 is 1.17 bits per heavy atom. The molecule has 1 aliphatic carbocycles. The first-order chi connectivity index (χ1) is 19.5. The number of amidine groups is 1. The normalized spacial score (nSPS) is 17.6. The van der Waals surface area contributed by atoms with Crippen molar-refractivity contribution >= 4 is 50.7 Å². The molecular weight excluding hydrogens is 580 g/mol. The van der Waals surface area contributed by atoms with Gasteiger partial charge in [-0.15, -0.1) is 0 Å². The number of carbonyl (C=O) groups excluding carboxylic acids is 3. The number of allylic oxidation sites excluding steroid dienone is 2. The molecule has 14 nitrogen and oxygen atoms in total. The number of carbonyl (C=O) groups is 3. The monoisotopic (exact) mass is 614 g/mol. The summed E-state index contributed by atoms with van der Waals surface area (Å²) in [7, 11) is -3.02. The fourth-order valence-corrected chi connectivity index (χ4v) is 6.61. The largest absolute Gasteiger partial charge is 0.495 e. The quantitative estimate of drug-likeness (QED) is 0.261. The molecule has 2 N–H and O–H groups in total. The average Bonchev–Trinajstić information content (AvgIpc) is 2.94. The van der Waals surface area contributed by atoms with Crippen molar-refractivity contribution in [1.29, 1.82) is 0 Å². The molecule has 1 aromatic rings. The molecule has 1 heterocycles. The first kappa shape index (κ1) is 32.2. The Balaban J connectivity index is 2.08. The maximum absolute atomic E-state index is 13.6. The third-order valence-corrected chi connectivity index (χ3v) is 8.80. The Kier molecular flexibility index (Phi) is 11.0. The molecule has 2 atom stereocenters. The summed E-state index contributed by atoms with van der Waals surface area (Å²) in [6.07, 6.45) is -0.378. The van der Waals surface area contributed by atoms with Gasteiger partial charge in [-0.2, -0.15) is 4.21 Å². The highest BCUT2D eigenvalue weighted by atomic mass is 32.2. The molecule has 0 spiro atoms. The van der Waals surface area contributed by atoms with E-state index in [1.54, 1.807) is 11.8 Å². The van der Waals surface area contributed by atoms with Crippen LogP contribution in [-0.4, -0.2) is 89.5 Å². The number of ether oxygens (including phenoxy) is 2. The number of nitrogens with one attached hydrogen (secondary N) is 1. The highest BCUT2D eigenvalue weighted by Crippen LogP contribution is 2.36. The Labute approximate surface area is 241 Å². The molecule has 226 valence electrons. The lowest BCUT2D eigenvalue weighted by Crippen LogP contribution is -2.53. The summed E-state index contributed by atoms with van der Waals surface area (Å²) in [5, 5.41) is 2.49. The summed E-state index contributed by atoms with van der Waals surface area (Å²) in [6, 6.07) is 4.34. The molecule has 0 radical (unpaired) electrons. The number of benzene rings is 1. The number of hydrogen-bond acceptors (Lipinski definition) is 10. The van der Waals surface area contributed by atoms with Gasteiger partial charge in [-0.1, -0.05) is 0 Å². The van der Waals surface area contributed by atoms with E-state index in [2.05, 4.69) is 10.3 Å².